The molecular weight excluding hydrogens is 453 g/mol. The van der Waals surface area contributed by atoms with Crippen molar-refractivity contribution in [3.8, 4) is 11.1 Å². The molecule has 0 unspecified atom stereocenters. The Morgan fingerprint density at radius 1 is 0.694 bits per heavy atom. The van der Waals surface area contributed by atoms with E-state index in [2.05, 4.69) is 19.9 Å². The van der Waals surface area contributed by atoms with Crippen molar-refractivity contribution in [2.75, 3.05) is 0 Å². The Hall–Kier alpha value is -2.55. The van der Waals surface area contributed by atoms with Crippen LogP contribution in [0, 0.1) is 23.4 Å². The molecule has 3 heteroatoms. The molecule has 3 aromatic rings. The lowest BCUT2D eigenvalue weighted by Crippen LogP contribution is -2.14. The molecule has 192 valence electrons. The van der Waals surface area contributed by atoms with Gasteiger partial charge in [-0.15, -0.1) is 0 Å². The third-order valence-electron chi connectivity index (χ3n) is 7.98. The molecule has 0 spiro atoms. The summed E-state index contributed by atoms with van der Waals surface area (Å²) in [5, 5.41) is 0. The maximum Gasteiger partial charge on any atom is 0.166 e. The third kappa shape index (κ3) is 6.41. The van der Waals surface area contributed by atoms with Crippen LogP contribution in [0.2, 0.25) is 0 Å². The predicted octanol–water partition coefficient (Wildman–Crippen LogP) is 9.97. The Labute approximate surface area is 215 Å². The van der Waals surface area contributed by atoms with E-state index < -0.39 is 11.6 Å². The number of halogens is 3. The van der Waals surface area contributed by atoms with E-state index in [1.165, 1.54) is 5.56 Å². The van der Waals surface area contributed by atoms with Crippen molar-refractivity contribution in [2.24, 2.45) is 5.92 Å². The highest BCUT2D eigenvalue weighted by Crippen LogP contribution is 2.38. The number of benzene rings is 3. The van der Waals surface area contributed by atoms with E-state index in [0.717, 1.165) is 75.3 Å². The fraction of sp³-hybridized carbons (Fsp3) is 0.455. The van der Waals surface area contributed by atoms with Gasteiger partial charge in [-0.3, -0.25) is 0 Å². The second kappa shape index (κ2) is 12.6. The molecule has 0 nitrogen and oxygen atoms in total. The normalized spacial score (nSPS) is 17.9. The van der Waals surface area contributed by atoms with E-state index in [4.69, 9.17) is 0 Å². The average Bonchev–Trinajstić information content (AvgIpc) is 2.90. The molecular formula is C33H39F3. The van der Waals surface area contributed by atoms with Gasteiger partial charge in [0.2, 0.25) is 0 Å². The predicted molar refractivity (Wildman–Crippen MR) is 144 cm³/mol. The number of rotatable bonds is 10. The van der Waals surface area contributed by atoms with Crippen molar-refractivity contribution < 1.29 is 13.2 Å². The molecule has 0 bridgehead atoms. The van der Waals surface area contributed by atoms with Crippen LogP contribution in [0.25, 0.3) is 11.1 Å². The first-order valence-corrected chi connectivity index (χ1v) is 13.8. The average molecular weight is 493 g/mol. The summed E-state index contributed by atoms with van der Waals surface area (Å²) >= 11 is 0. The molecule has 3 aromatic carbocycles. The zero-order chi connectivity index (χ0) is 25.5. The zero-order valence-corrected chi connectivity index (χ0v) is 21.8. The van der Waals surface area contributed by atoms with Crippen molar-refractivity contribution in [3.63, 3.8) is 0 Å². The molecule has 4 rings (SSSR count). The second-order valence-electron chi connectivity index (χ2n) is 10.6. The number of hydrogen-bond acceptors (Lipinski definition) is 0. The summed E-state index contributed by atoms with van der Waals surface area (Å²) in [6.07, 6.45) is 10.5. The molecule has 1 saturated carbocycles. The monoisotopic (exact) mass is 492 g/mol. The van der Waals surface area contributed by atoms with E-state index in [1.807, 2.05) is 30.3 Å². The van der Waals surface area contributed by atoms with E-state index in [1.54, 1.807) is 18.2 Å². The first-order chi connectivity index (χ1) is 17.5. The maximum absolute atomic E-state index is 14.9. The molecule has 0 saturated heterocycles. The Morgan fingerprint density at radius 3 is 2.08 bits per heavy atom. The molecule has 1 aliphatic carbocycles. The number of hydrogen-bond donors (Lipinski definition) is 0. The van der Waals surface area contributed by atoms with Gasteiger partial charge in [-0.1, -0.05) is 75.2 Å². The van der Waals surface area contributed by atoms with Gasteiger partial charge in [-0.2, -0.15) is 0 Å². The molecule has 0 aliphatic heterocycles. The molecule has 0 amide bonds. The topological polar surface area (TPSA) is 0 Å². The summed E-state index contributed by atoms with van der Waals surface area (Å²) < 4.78 is 44.4. The van der Waals surface area contributed by atoms with Crippen LogP contribution in [0.4, 0.5) is 13.2 Å². The molecule has 1 fully saturated rings. The minimum Gasteiger partial charge on any atom is -0.207 e. The van der Waals surface area contributed by atoms with E-state index >= 15 is 0 Å². The summed E-state index contributed by atoms with van der Waals surface area (Å²) in [7, 11) is 0. The quantitative estimate of drug-likeness (QED) is 0.264. The van der Waals surface area contributed by atoms with Crippen molar-refractivity contribution >= 4 is 0 Å². The van der Waals surface area contributed by atoms with Crippen LogP contribution in [0.15, 0.2) is 54.6 Å². The largest absolute Gasteiger partial charge is 0.207 e. The number of unbranched alkanes of at least 4 members (excludes halogenated alkanes) is 1. The zero-order valence-electron chi connectivity index (χ0n) is 21.8. The number of aryl methyl sites for hydroxylation is 3. The van der Waals surface area contributed by atoms with Gasteiger partial charge in [0, 0.05) is 5.56 Å². The van der Waals surface area contributed by atoms with Crippen LogP contribution in [0.3, 0.4) is 0 Å². The molecule has 0 N–H and O–H groups in total. The van der Waals surface area contributed by atoms with Crippen molar-refractivity contribution in [3.05, 3.63) is 94.3 Å². The fourth-order valence-corrected chi connectivity index (χ4v) is 5.68. The van der Waals surface area contributed by atoms with Crippen LogP contribution in [-0.4, -0.2) is 0 Å². The van der Waals surface area contributed by atoms with E-state index in [0.29, 0.717) is 34.9 Å². The fourth-order valence-electron chi connectivity index (χ4n) is 5.68. The highest BCUT2D eigenvalue weighted by Gasteiger charge is 2.24. The second-order valence-corrected chi connectivity index (χ2v) is 10.6. The van der Waals surface area contributed by atoms with Crippen LogP contribution in [0.1, 0.15) is 93.4 Å². The lowest BCUT2D eigenvalue weighted by atomic mass is 9.76. The Kier molecular flexibility index (Phi) is 9.29. The van der Waals surface area contributed by atoms with Crippen molar-refractivity contribution in [1.29, 1.82) is 0 Å². The summed E-state index contributed by atoms with van der Waals surface area (Å²) in [5.41, 5.74) is 4.65. The van der Waals surface area contributed by atoms with Crippen LogP contribution in [-0.2, 0) is 19.3 Å². The van der Waals surface area contributed by atoms with Crippen LogP contribution >= 0.6 is 0 Å². The Morgan fingerprint density at radius 2 is 1.42 bits per heavy atom. The first kappa shape index (κ1) is 26.5. The van der Waals surface area contributed by atoms with Gasteiger partial charge in [0.05, 0.1) is 0 Å². The summed E-state index contributed by atoms with van der Waals surface area (Å²) in [4.78, 5) is 0. The minimum absolute atomic E-state index is 0.0686. The minimum atomic E-state index is -0.746. The lowest BCUT2D eigenvalue weighted by molar-refractivity contribution is 0.308. The van der Waals surface area contributed by atoms with E-state index in [-0.39, 0.29) is 5.82 Å². The molecule has 0 radical (unpaired) electrons. The Bertz CT molecular complexity index is 1120. The van der Waals surface area contributed by atoms with Gasteiger partial charge < -0.3 is 0 Å². The smallest absolute Gasteiger partial charge is 0.166 e. The van der Waals surface area contributed by atoms with Gasteiger partial charge in [0.25, 0.3) is 0 Å². The molecule has 1 aliphatic rings. The summed E-state index contributed by atoms with van der Waals surface area (Å²) in [5.74, 6) is -0.626. The highest BCUT2D eigenvalue weighted by atomic mass is 19.2. The first-order valence-electron chi connectivity index (χ1n) is 13.8. The lowest BCUT2D eigenvalue weighted by Gasteiger charge is -2.29. The van der Waals surface area contributed by atoms with Gasteiger partial charge in [-0.25, -0.2) is 13.2 Å². The van der Waals surface area contributed by atoms with Gasteiger partial charge >= 0.3 is 0 Å². The SMILES string of the molecule is CCCCc1ccc(C2CCC(CCc3ccc(-c4ccc(CCC)cc4)c(F)c3F)CC2)cc1F. The van der Waals surface area contributed by atoms with Crippen LogP contribution in [0.5, 0.6) is 0 Å². The molecule has 0 atom stereocenters. The Balaban J connectivity index is 1.32. The molecule has 0 aromatic heterocycles. The van der Waals surface area contributed by atoms with Crippen LogP contribution < -0.4 is 0 Å². The standard InChI is InChI=1S/C33H39F3/c1-3-5-7-27-18-19-29(22-31(27)34)25-13-8-24(9-14-25)12-17-28-20-21-30(33(36)32(28)35)26-15-10-23(6-4-2)11-16-26/h10-11,15-16,18-22,24-25H,3-9,12-14,17H2,1-2H3. The van der Waals surface area contributed by atoms with Crippen molar-refractivity contribution in [2.45, 2.75) is 90.4 Å². The van der Waals surface area contributed by atoms with E-state index in [9.17, 15) is 13.2 Å². The highest BCUT2D eigenvalue weighted by molar-refractivity contribution is 5.65. The van der Waals surface area contributed by atoms with Gasteiger partial charge in [-0.05, 0) is 104 Å². The van der Waals surface area contributed by atoms with Crippen molar-refractivity contribution in [1.82, 2.24) is 0 Å². The maximum atomic E-state index is 14.9. The third-order valence-corrected chi connectivity index (χ3v) is 7.98. The molecule has 36 heavy (non-hydrogen) atoms. The molecule has 0 heterocycles. The summed E-state index contributed by atoms with van der Waals surface area (Å²) in [6.45, 7) is 4.25. The van der Waals surface area contributed by atoms with Gasteiger partial charge in [0.15, 0.2) is 11.6 Å². The van der Waals surface area contributed by atoms with Gasteiger partial charge in [0.1, 0.15) is 5.82 Å². The summed E-state index contributed by atoms with van der Waals surface area (Å²) in [6, 6.07) is 17.0.